The number of amides is 2. The van der Waals surface area contributed by atoms with E-state index in [-0.39, 0.29) is 24.7 Å². The van der Waals surface area contributed by atoms with E-state index in [1.54, 1.807) is 6.07 Å². The number of carbonyl (C=O) groups is 2. The highest BCUT2D eigenvalue weighted by atomic mass is 32.1. The van der Waals surface area contributed by atoms with Gasteiger partial charge in [0.1, 0.15) is 11.2 Å². The molecular weight excluding hydrogens is 564 g/mol. The third kappa shape index (κ3) is 11.6. The molecule has 0 aliphatic rings. The molecule has 0 fully saturated rings. The highest BCUT2D eigenvalue weighted by Crippen LogP contribution is 2.18. The largest absolute Gasteiger partial charge is 0.377 e. The Morgan fingerprint density at radius 2 is 1.53 bits per heavy atom. The summed E-state index contributed by atoms with van der Waals surface area (Å²) in [4.78, 5) is 26.7. The predicted octanol–water partition coefficient (Wildman–Crippen LogP) is 3.23. The van der Waals surface area contributed by atoms with E-state index in [0.29, 0.717) is 24.0 Å². The van der Waals surface area contributed by atoms with Crippen LogP contribution >= 0.6 is 11.3 Å². The van der Waals surface area contributed by atoms with Crippen LogP contribution in [0.15, 0.2) is 66.7 Å². The summed E-state index contributed by atoms with van der Waals surface area (Å²) in [5, 5.41) is 36.8. The topological polar surface area (TPSA) is 145 Å². The molecule has 2 amide bonds. The maximum atomic E-state index is 12.6. The zero-order valence-electron chi connectivity index (χ0n) is 24.5. The second-order valence-corrected chi connectivity index (χ2v) is 11.6. The Labute approximate surface area is 255 Å². The number of anilines is 2. The molecule has 0 saturated carbocycles. The fourth-order valence-electron chi connectivity index (χ4n) is 4.36. The van der Waals surface area contributed by atoms with Crippen LogP contribution in [-0.2, 0) is 41.8 Å². The molecule has 0 bridgehead atoms. The van der Waals surface area contributed by atoms with Crippen LogP contribution < -0.4 is 16.0 Å². The molecule has 12 heteroatoms. The molecule has 4 aromatic rings. The third-order valence-corrected chi connectivity index (χ3v) is 7.32. The summed E-state index contributed by atoms with van der Waals surface area (Å²) in [5.74, 6) is 0.155. The molecule has 0 spiro atoms. The quantitative estimate of drug-likeness (QED) is 0.112. The lowest BCUT2D eigenvalue weighted by Gasteiger charge is -2.17. The van der Waals surface area contributed by atoms with E-state index in [9.17, 15) is 14.7 Å². The fraction of sp³-hybridized carbons (Fsp3) is 0.355. The van der Waals surface area contributed by atoms with Crippen LogP contribution in [0.1, 0.15) is 40.2 Å². The third-order valence-electron chi connectivity index (χ3n) is 6.42. The standard InChI is InChI=1S/C31H38N8O3S/c1-39(2)21-29(42)32-20-24-12-8-11-23(17-24)19-28(41)34-31-38-37-30(43-31)14-7-6-13-25-15-16-26(36-35-25)33-27(40)18-22-9-4-3-5-10-22/h3-5,8-12,15-17,29,32,42H,6-7,13-14,18-21H2,1-2H3,(H,33,36,40)(H,34,38,41). The molecule has 2 aromatic heterocycles. The van der Waals surface area contributed by atoms with Gasteiger partial charge < -0.3 is 20.6 Å². The summed E-state index contributed by atoms with van der Waals surface area (Å²) in [5.41, 5.74) is 3.68. The summed E-state index contributed by atoms with van der Waals surface area (Å²) in [6.45, 7) is 1.03. The van der Waals surface area contributed by atoms with Crippen LogP contribution in [0.4, 0.5) is 10.9 Å². The molecule has 2 heterocycles. The Kier molecular flexibility index (Phi) is 12.2. The number of unbranched alkanes of at least 4 members (excludes halogenated alkanes) is 1. The Morgan fingerprint density at radius 3 is 2.30 bits per heavy atom. The van der Waals surface area contributed by atoms with E-state index in [1.165, 1.54) is 11.3 Å². The average molecular weight is 603 g/mol. The molecule has 11 nitrogen and oxygen atoms in total. The van der Waals surface area contributed by atoms with Gasteiger partial charge in [0, 0.05) is 19.5 Å². The summed E-state index contributed by atoms with van der Waals surface area (Å²) in [7, 11) is 3.81. The van der Waals surface area contributed by atoms with Gasteiger partial charge in [0.2, 0.25) is 16.9 Å². The summed E-state index contributed by atoms with van der Waals surface area (Å²) >= 11 is 1.38. The van der Waals surface area contributed by atoms with Crippen molar-refractivity contribution < 1.29 is 14.7 Å². The zero-order chi connectivity index (χ0) is 30.4. The highest BCUT2D eigenvalue weighted by Gasteiger charge is 2.11. The fourth-order valence-corrected chi connectivity index (χ4v) is 5.16. The molecule has 0 aliphatic carbocycles. The van der Waals surface area contributed by atoms with Crippen LogP contribution in [0, 0.1) is 0 Å². The van der Waals surface area contributed by atoms with Gasteiger partial charge in [0.25, 0.3) is 0 Å². The molecular formula is C31H38N8O3S. The van der Waals surface area contributed by atoms with Gasteiger partial charge >= 0.3 is 0 Å². The lowest BCUT2D eigenvalue weighted by Crippen LogP contribution is -2.37. The summed E-state index contributed by atoms with van der Waals surface area (Å²) in [6, 6.07) is 20.9. The van der Waals surface area contributed by atoms with Gasteiger partial charge in [-0.15, -0.1) is 15.3 Å². The first-order chi connectivity index (χ1) is 20.8. The van der Waals surface area contributed by atoms with Crippen molar-refractivity contribution in [3.63, 3.8) is 0 Å². The molecule has 4 N–H and O–H groups in total. The summed E-state index contributed by atoms with van der Waals surface area (Å²) in [6.07, 6.45) is 3.19. The van der Waals surface area contributed by atoms with Crippen molar-refractivity contribution in [2.45, 2.75) is 51.3 Å². The van der Waals surface area contributed by atoms with Crippen molar-refractivity contribution in [3.05, 3.63) is 94.1 Å². The second kappa shape index (κ2) is 16.5. The zero-order valence-corrected chi connectivity index (χ0v) is 25.3. The molecule has 0 radical (unpaired) electrons. The number of aliphatic hydroxyl groups excluding tert-OH is 1. The average Bonchev–Trinajstić information content (AvgIpc) is 3.42. The number of aryl methyl sites for hydroxylation is 2. The van der Waals surface area contributed by atoms with E-state index >= 15 is 0 Å². The van der Waals surface area contributed by atoms with E-state index in [4.69, 9.17) is 0 Å². The van der Waals surface area contributed by atoms with Crippen LogP contribution in [0.3, 0.4) is 0 Å². The number of rotatable bonds is 16. The van der Waals surface area contributed by atoms with Gasteiger partial charge in [-0.05, 0) is 62.2 Å². The van der Waals surface area contributed by atoms with E-state index in [1.807, 2.05) is 79.7 Å². The first-order valence-corrected chi connectivity index (χ1v) is 15.1. The van der Waals surface area contributed by atoms with Gasteiger partial charge in [-0.25, -0.2) is 0 Å². The number of carbonyl (C=O) groups excluding carboxylic acids is 2. The number of hydrogen-bond donors (Lipinski definition) is 4. The van der Waals surface area contributed by atoms with Crippen molar-refractivity contribution in [1.82, 2.24) is 30.6 Å². The van der Waals surface area contributed by atoms with Crippen LogP contribution in [0.25, 0.3) is 0 Å². The Bertz CT molecular complexity index is 1450. The number of aromatic nitrogens is 4. The number of benzene rings is 2. The van der Waals surface area contributed by atoms with E-state index < -0.39 is 6.23 Å². The predicted molar refractivity (Wildman–Crippen MR) is 168 cm³/mol. The highest BCUT2D eigenvalue weighted by molar-refractivity contribution is 7.15. The minimum atomic E-state index is -0.625. The van der Waals surface area contributed by atoms with Crippen LogP contribution in [0.2, 0.25) is 0 Å². The molecule has 0 saturated heterocycles. The van der Waals surface area contributed by atoms with Crippen molar-refractivity contribution in [1.29, 1.82) is 0 Å². The van der Waals surface area contributed by atoms with Crippen molar-refractivity contribution in [3.8, 4) is 0 Å². The maximum absolute atomic E-state index is 12.6. The minimum absolute atomic E-state index is 0.129. The van der Waals surface area contributed by atoms with Gasteiger partial charge in [-0.2, -0.15) is 5.10 Å². The SMILES string of the molecule is CN(C)CC(O)NCc1cccc(CC(=O)Nc2nnc(CCCCc3ccc(NC(=O)Cc4ccccc4)nn3)s2)c1. The lowest BCUT2D eigenvalue weighted by molar-refractivity contribution is -0.116. The number of nitrogens with one attached hydrogen (secondary N) is 3. The smallest absolute Gasteiger partial charge is 0.230 e. The molecule has 4 rings (SSSR count). The van der Waals surface area contributed by atoms with Gasteiger partial charge in [0.05, 0.1) is 18.5 Å². The van der Waals surface area contributed by atoms with Gasteiger partial charge in [0.15, 0.2) is 5.82 Å². The number of nitrogens with zero attached hydrogens (tertiary/aromatic N) is 5. The van der Waals surface area contributed by atoms with Crippen molar-refractivity contribution in [2.24, 2.45) is 0 Å². The molecule has 1 unspecified atom stereocenters. The van der Waals surface area contributed by atoms with Gasteiger partial charge in [-0.3, -0.25) is 14.9 Å². The molecule has 43 heavy (non-hydrogen) atoms. The van der Waals surface area contributed by atoms with Crippen LogP contribution in [0.5, 0.6) is 0 Å². The Balaban J connectivity index is 1.13. The molecule has 2 aromatic carbocycles. The van der Waals surface area contributed by atoms with E-state index in [2.05, 4.69) is 36.3 Å². The van der Waals surface area contributed by atoms with Gasteiger partial charge in [-0.1, -0.05) is 65.9 Å². The molecule has 1 atom stereocenters. The number of likely N-dealkylation sites (N-methyl/N-ethyl adjacent to an activating group) is 1. The summed E-state index contributed by atoms with van der Waals surface area (Å²) < 4.78 is 0. The Hall–Kier alpha value is -4.10. The first kappa shape index (κ1) is 31.8. The number of aliphatic hydroxyl groups is 1. The number of hydrogen-bond acceptors (Lipinski definition) is 10. The normalized spacial score (nSPS) is 11.8. The molecule has 0 aliphatic heterocycles. The van der Waals surface area contributed by atoms with Crippen molar-refractivity contribution in [2.75, 3.05) is 31.3 Å². The first-order valence-electron chi connectivity index (χ1n) is 14.2. The minimum Gasteiger partial charge on any atom is -0.377 e. The van der Waals surface area contributed by atoms with E-state index in [0.717, 1.165) is 53.1 Å². The Morgan fingerprint density at radius 1 is 0.814 bits per heavy atom. The van der Waals surface area contributed by atoms with Crippen molar-refractivity contribution >= 4 is 34.1 Å². The maximum Gasteiger partial charge on any atom is 0.230 e. The monoisotopic (exact) mass is 602 g/mol. The second-order valence-electron chi connectivity index (χ2n) is 10.5. The lowest BCUT2D eigenvalue weighted by atomic mass is 10.1. The van der Waals surface area contributed by atoms with Crippen LogP contribution in [-0.4, -0.2) is 69.1 Å². The molecule has 226 valence electrons.